The highest BCUT2D eigenvalue weighted by Gasteiger charge is 2.10. The summed E-state index contributed by atoms with van der Waals surface area (Å²) in [6.07, 6.45) is 0. The molecule has 0 radical (unpaired) electrons. The first-order valence-electron chi connectivity index (χ1n) is 10.2. The van der Waals surface area contributed by atoms with Crippen LogP contribution in [0.3, 0.4) is 0 Å². The first kappa shape index (κ1) is 26.1. The third-order valence-electron chi connectivity index (χ3n) is 4.19. The number of ether oxygens (including phenoxy) is 4. The molecule has 0 saturated heterocycles. The van der Waals surface area contributed by atoms with E-state index in [1.165, 1.54) is 0 Å². The van der Waals surface area contributed by atoms with E-state index < -0.39 is 0 Å². The molecule has 0 aliphatic carbocycles. The van der Waals surface area contributed by atoms with E-state index in [4.69, 9.17) is 18.9 Å². The second-order valence-electron chi connectivity index (χ2n) is 6.38. The van der Waals surface area contributed by atoms with Crippen LogP contribution in [0.4, 0.5) is 0 Å². The highest BCUT2D eigenvalue weighted by Crippen LogP contribution is 2.18. The van der Waals surface area contributed by atoms with Crippen LogP contribution in [0, 0.1) is 0 Å². The number of carbonyl (C=O) groups is 1. The van der Waals surface area contributed by atoms with Crippen molar-refractivity contribution in [3.63, 3.8) is 0 Å². The second-order valence-corrected chi connectivity index (χ2v) is 7.50. The minimum absolute atomic E-state index is 0.169. The molecule has 0 saturated carbocycles. The van der Waals surface area contributed by atoms with Gasteiger partial charge in [0.05, 0.1) is 68.7 Å². The van der Waals surface area contributed by atoms with E-state index in [0.29, 0.717) is 81.1 Å². The molecule has 10 heteroatoms. The summed E-state index contributed by atoms with van der Waals surface area (Å²) in [6.45, 7) is 6.66. The van der Waals surface area contributed by atoms with E-state index in [2.05, 4.69) is 47.1 Å². The van der Waals surface area contributed by atoms with Gasteiger partial charge in [-0.15, -0.1) is 0 Å². The molecule has 172 valence electrons. The van der Waals surface area contributed by atoms with Crippen LogP contribution in [0.5, 0.6) is 0 Å². The SMILES string of the molecule is CCOCCOCCOCCOCCNC(=O)c1ccc2nc(CBr)c(CBr)nc2c1. The van der Waals surface area contributed by atoms with Crippen LogP contribution >= 0.6 is 31.9 Å². The standard InChI is InChI=1S/C21H29Br2N3O5/c1-2-28-7-8-30-11-12-31-10-9-29-6-5-24-21(27)16-3-4-17-18(13-16)26-20(15-23)19(14-22)25-17/h3-4,13H,2,5-12,14-15H2,1H3,(H,24,27). The molecule has 0 spiro atoms. The second kappa shape index (κ2) is 15.6. The molecule has 0 atom stereocenters. The number of alkyl halides is 2. The van der Waals surface area contributed by atoms with Crippen molar-refractivity contribution in [2.24, 2.45) is 0 Å². The molecule has 2 aromatic rings. The van der Waals surface area contributed by atoms with E-state index in [9.17, 15) is 4.79 Å². The van der Waals surface area contributed by atoms with Gasteiger partial charge in [-0.1, -0.05) is 31.9 Å². The molecule has 31 heavy (non-hydrogen) atoms. The Hall–Kier alpha value is -1.17. The number of amides is 1. The summed E-state index contributed by atoms with van der Waals surface area (Å²) in [5.74, 6) is -0.169. The lowest BCUT2D eigenvalue weighted by Gasteiger charge is -2.09. The monoisotopic (exact) mass is 561 g/mol. The minimum atomic E-state index is -0.169. The summed E-state index contributed by atoms with van der Waals surface area (Å²) in [5, 5.41) is 4.09. The van der Waals surface area contributed by atoms with Crippen molar-refractivity contribution in [2.75, 3.05) is 59.4 Å². The lowest BCUT2D eigenvalue weighted by Crippen LogP contribution is -2.27. The zero-order valence-electron chi connectivity index (χ0n) is 17.7. The Morgan fingerprint density at radius 1 is 0.839 bits per heavy atom. The van der Waals surface area contributed by atoms with Crippen LogP contribution in [-0.2, 0) is 29.6 Å². The predicted octanol–water partition coefficient (Wildman–Crippen LogP) is 3.24. The predicted molar refractivity (Wildman–Crippen MR) is 126 cm³/mol. The Morgan fingerprint density at radius 3 is 1.97 bits per heavy atom. The molecule has 2 rings (SSSR count). The van der Waals surface area contributed by atoms with Crippen molar-refractivity contribution in [1.29, 1.82) is 0 Å². The lowest BCUT2D eigenvalue weighted by atomic mass is 10.1. The summed E-state index contributed by atoms with van der Waals surface area (Å²) in [5.41, 5.74) is 3.74. The number of hydrogen-bond donors (Lipinski definition) is 1. The van der Waals surface area contributed by atoms with Crippen LogP contribution in [0.1, 0.15) is 28.7 Å². The summed E-state index contributed by atoms with van der Waals surface area (Å²) in [6, 6.07) is 5.33. The number of benzene rings is 1. The summed E-state index contributed by atoms with van der Waals surface area (Å²) >= 11 is 6.86. The molecular weight excluding hydrogens is 534 g/mol. The average Bonchev–Trinajstić information content (AvgIpc) is 2.80. The fraction of sp³-hybridized carbons (Fsp3) is 0.571. The molecule has 0 fully saturated rings. The summed E-state index contributed by atoms with van der Waals surface area (Å²) in [4.78, 5) is 21.6. The molecule has 0 unspecified atom stereocenters. The molecule has 1 aromatic carbocycles. The van der Waals surface area contributed by atoms with Crippen LogP contribution in [-0.4, -0.2) is 75.3 Å². The first-order chi connectivity index (χ1) is 15.2. The topological polar surface area (TPSA) is 91.8 Å². The van der Waals surface area contributed by atoms with Gasteiger partial charge in [0.1, 0.15) is 0 Å². The molecule has 0 aliphatic rings. The summed E-state index contributed by atoms with van der Waals surface area (Å²) in [7, 11) is 0. The van der Waals surface area contributed by atoms with E-state index in [0.717, 1.165) is 16.9 Å². The van der Waals surface area contributed by atoms with E-state index in [1.54, 1.807) is 12.1 Å². The van der Waals surface area contributed by atoms with Gasteiger partial charge in [-0.3, -0.25) is 4.79 Å². The van der Waals surface area contributed by atoms with Crippen molar-refractivity contribution in [3.05, 3.63) is 35.2 Å². The number of nitrogens with zero attached hydrogens (tertiary/aromatic N) is 2. The van der Waals surface area contributed by atoms with Gasteiger partial charge in [0.2, 0.25) is 0 Å². The van der Waals surface area contributed by atoms with E-state index in [1.807, 2.05) is 13.0 Å². The van der Waals surface area contributed by atoms with Gasteiger partial charge in [-0.25, -0.2) is 9.97 Å². The quantitative estimate of drug-likeness (QED) is 0.248. The Morgan fingerprint density at radius 2 is 1.39 bits per heavy atom. The number of halogens is 2. The van der Waals surface area contributed by atoms with Gasteiger partial charge in [0.25, 0.3) is 5.91 Å². The van der Waals surface area contributed by atoms with E-state index >= 15 is 0 Å². The molecule has 1 amide bonds. The minimum Gasteiger partial charge on any atom is -0.379 e. The highest BCUT2D eigenvalue weighted by molar-refractivity contribution is 9.09. The largest absolute Gasteiger partial charge is 0.379 e. The van der Waals surface area contributed by atoms with Crippen molar-refractivity contribution >= 4 is 48.8 Å². The van der Waals surface area contributed by atoms with E-state index in [-0.39, 0.29) is 5.91 Å². The van der Waals surface area contributed by atoms with Gasteiger partial charge in [0, 0.05) is 29.4 Å². The van der Waals surface area contributed by atoms with Crippen molar-refractivity contribution in [2.45, 2.75) is 17.6 Å². The van der Waals surface area contributed by atoms with Gasteiger partial charge in [0.15, 0.2) is 0 Å². The zero-order valence-corrected chi connectivity index (χ0v) is 20.9. The van der Waals surface area contributed by atoms with Crippen molar-refractivity contribution in [3.8, 4) is 0 Å². The van der Waals surface area contributed by atoms with Gasteiger partial charge >= 0.3 is 0 Å². The Balaban J connectivity index is 1.62. The molecule has 0 bridgehead atoms. The Kier molecular flexibility index (Phi) is 13.1. The molecule has 0 aliphatic heterocycles. The molecule has 1 heterocycles. The average molecular weight is 563 g/mol. The summed E-state index contributed by atoms with van der Waals surface area (Å²) < 4.78 is 21.4. The van der Waals surface area contributed by atoms with Crippen molar-refractivity contribution < 1.29 is 23.7 Å². The van der Waals surface area contributed by atoms with Gasteiger partial charge < -0.3 is 24.3 Å². The Bertz CT molecular complexity index is 810. The molecule has 8 nitrogen and oxygen atoms in total. The fourth-order valence-corrected chi connectivity index (χ4v) is 3.52. The smallest absolute Gasteiger partial charge is 0.251 e. The van der Waals surface area contributed by atoms with Crippen LogP contribution < -0.4 is 5.32 Å². The number of rotatable bonds is 16. The first-order valence-corrected chi connectivity index (χ1v) is 12.4. The van der Waals surface area contributed by atoms with Crippen LogP contribution in [0.15, 0.2) is 18.2 Å². The lowest BCUT2D eigenvalue weighted by molar-refractivity contribution is -0.0000531. The number of aromatic nitrogens is 2. The highest BCUT2D eigenvalue weighted by atomic mass is 79.9. The van der Waals surface area contributed by atoms with Crippen LogP contribution in [0.2, 0.25) is 0 Å². The van der Waals surface area contributed by atoms with Gasteiger partial charge in [-0.05, 0) is 25.1 Å². The number of carbonyl (C=O) groups excluding carboxylic acids is 1. The maximum absolute atomic E-state index is 12.4. The fourth-order valence-electron chi connectivity index (χ4n) is 2.63. The number of fused-ring (bicyclic) bond motifs is 1. The third-order valence-corrected chi connectivity index (χ3v) is 5.25. The van der Waals surface area contributed by atoms with Crippen LogP contribution in [0.25, 0.3) is 11.0 Å². The Labute approximate surface area is 199 Å². The molecular formula is C21H29Br2N3O5. The maximum atomic E-state index is 12.4. The normalized spacial score (nSPS) is 11.2. The number of hydrogen-bond acceptors (Lipinski definition) is 7. The maximum Gasteiger partial charge on any atom is 0.251 e. The zero-order chi connectivity index (χ0) is 22.3. The molecule has 1 aromatic heterocycles. The third kappa shape index (κ3) is 9.46. The van der Waals surface area contributed by atoms with Gasteiger partial charge in [-0.2, -0.15) is 0 Å². The number of nitrogens with one attached hydrogen (secondary N) is 1. The molecule has 1 N–H and O–H groups in total. The van der Waals surface area contributed by atoms with Crippen molar-refractivity contribution in [1.82, 2.24) is 15.3 Å².